The molecule has 1 fully saturated rings. The van der Waals surface area contributed by atoms with E-state index < -0.39 is 0 Å². The zero-order valence-corrected chi connectivity index (χ0v) is 11.6. The van der Waals surface area contributed by atoms with E-state index in [-0.39, 0.29) is 5.97 Å². The second-order valence-corrected chi connectivity index (χ2v) is 5.91. The van der Waals surface area contributed by atoms with E-state index in [1.807, 2.05) is 25.1 Å². The third-order valence-corrected chi connectivity index (χ3v) is 5.00. The molecule has 102 valence electrons. The Kier molecular flexibility index (Phi) is 2.59. The van der Waals surface area contributed by atoms with Gasteiger partial charge in [-0.05, 0) is 42.2 Å². The van der Waals surface area contributed by atoms with Crippen LogP contribution >= 0.6 is 0 Å². The Morgan fingerprint density at radius 3 is 2.55 bits per heavy atom. The molecule has 0 aliphatic heterocycles. The Bertz CT molecular complexity index is 612. The lowest BCUT2D eigenvalue weighted by molar-refractivity contribution is -0.139. The molecule has 4 rings (SSSR count). The van der Waals surface area contributed by atoms with Crippen molar-refractivity contribution in [1.29, 1.82) is 0 Å². The summed E-state index contributed by atoms with van der Waals surface area (Å²) in [6.07, 6.45) is 5.85. The summed E-state index contributed by atoms with van der Waals surface area (Å²) in [5.41, 5.74) is 3.38. The highest BCUT2D eigenvalue weighted by Crippen LogP contribution is 2.63. The van der Waals surface area contributed by atoms with Crippen molar-refractivity contribution in [2.75, 3.05) is 6.61 Å². The van der Waals surface area contributed by atoms with Gasteiger partial charge in [0, 0.05) is 11.5 Å². The average Bonchev–Trinajstić information content (AvgIpc) is 2.98. The summed E-state index contributed by atoms with van der Waals surface area (Å²) in [6, 6.07) is 10.3. The van der Waals surface area contributed by atoms with Gasteiger partial charge in [-0.2, -0.15) is 0 Å². The molecule has 2 bridgehead atoms. The molecule has 0 spiro atoms. The van der Waals surface area contributed by atoms with Crippen LogP contribution in [0.15, 0.2) is 48.1 Å². The second kappa shape index (κ2) is 4.34. The summed E-state index contributed by atoms with van der Waals surface area (Å²) in [6.45, 7) is 2.32. The molecule has 3 aliphatic carbocycles. The number of ether oxygens (including phenoxy) is 1. The predicted molar refractivity (Wildman–Crippen MR) is 77.7 cm³/mol. The topological polar surface area (TPSA) is 26.3 Å². The van der Waals surface area contributed by atoms with Gasteiger partial charge >= 0.3 is 5.97 Å². The summed E-state index contributed by atoms with van der Waals surface area (Å²) in [4.78, 5) is 12.3. The molecule has 3 aliphatic rings. The molecule has 1 aromatic rings. The van der Waals surface area contributed by atoms with Crippen LogP contribution in [0.2, 0.25) is 0 Å². The van der Waals surface area contributed by atoms with Crippen molar-refractivity contribution in [3.8, 4) is 0 Å². The maximum Gasteiger partial charge on any atom is 0.334 e. The molecule has 0 saturated heterocycles. The van der Waals surface area contributed by atoms with Gasteiger partial charge < -0.3 is 4.74 Å². The summed E-state index contributed by atoms with van der Waals surface area (Å²) in [5, 5.41) is 0. The van der Waals surface area contributed by atoms with Crippen LogP contribution in [0.4, 0.5) is 0 Å². The summed E-state index contributed by atoms with van der Waals surface area (Å²) >= 11 is 0. The molecule has 0 aromatic heterocycles. The first kappa shape index (κ1) is 12.0. The molecular weight excluding hydrogens is 248 g/mol. The number of hydrogen-bond donors (Lipinski definition) is 0. The maximum absolute atomic E-state index is 12.3. The van der Waals surface area contributed by atoms with Gasteiger partial charge in [0.25, 0.3) is 0 Å². The lowest BCUT2D eigenvalue weighted by Gasteiger charge is -2.42. The van der Waals surface area contributed by atoms with E-state index in [0.29, 0.717) is 30.3 Å². The van der Waals surface area contributed by atoms with Crippen molar-refractivity contribution in [2.24, 2.45) is 23.7 Å². The average molecular weight is 266 g/mol. The normalized spacial score (nSPS) is 33.0. The minimum atomic E-state index is -0.103. The smallest absolute Gasteiger partial charge is 0.334 e. The monoisotopic (exact) mass is 266 g/mol. The van der Waals surface area contributed by atoms with Gasteiger partial charge in [0.05, 0.1) is 6.61 Å². The summed E-state index contributed by atoms with van der Waals surface area (Å²) in [7, 11) is 0. The van der Waals surface area contributed by atoms with Gasteiger partial charge in [-0.15, -0.1) is 0 Å². The van der Waals surface area contributed by atoms with Crippen LogP contribution in [0.1, 0.15) is 18.9 Å². The van der Waals surface area contributed by atoms with Gasteiger partial charge in [0.2, 0.25) is 0 Å². The van der Waals surface area contributed by atoms with E-state index >= 15 is 0 Å². The Morgan fingerprint density at radius 2 is 1.85 bits per heavy atom. The van der Waals surface area contributed by atoms with Crippen LogP contribution in [0.25, 0.3) is 5.57 Å². The van der Waals surface area contributed by atoms with Gasteiger partial charge in [-0.3, -0.25) is 0 Å². The van der Waals surface area contributed by atoms with Crippen LogP contribution < -0.4 is 0 Å². The van der Waals surface area contributed by atoms with Crippen LogP contribution in [0.5, 0.6) is 0 Å². The molecule has 2 nitrogen and oxygen atoms in total. The van der Waals surface area contributed by atoms with Crippen molar-refractivity contribution in [2.45, 2.75) is 13.3 Å². The van der Waals surface area contributed by atoms with Crippen molar-refractivity contribution < 1.29 is 9.53 Å². The van der Waals surface area contributed by atoms with Crippen LogP contribution in [-0.2, 0) is 9.53 Å². The van der Waals surface area contributed by atoms with Crippen LogP contribution in [-0.4, -0.2) is 12.6 Å². The number of fused-ring (bicyclic) bond motifs is 5. The van der Waals surface area contributed by atoms with E-state index in [0.717, 1.165) is 5.57 Å². The van der Waals surface area contributed by atoms with E-state index in [4.69, 9.17) is 4.74 Å². The first-order chi connectivity index (χ1) is 9.81. The standard InChI is InChI=1S/C18H18O2/c1-2-20-18(19)17-14(11-6-4-3-5-7-11)15-12-8-9-13(10-12)16(15)17/h3-9,12-13,15-16H,2,10H2,1H3. The minimum Gasteiger partial charge on any atom is -0.463 e. The molecule has 2 heteroatoms. The Balaban J connectivity index is 1.79. The van der Waals surface area contributed by atoms with E-state index in [1.54, 1.807) is 0 Å². The fraction of sp³-hybridized carbons (Fsp3) is 0.389. The molecule has 0 radical (unpaired) electrons. The number of carbonyl (C=O) groups is 1. The quantitative estimate of drug-likeness (QED) is 0.618. The fourth-order valence-corrected chi connectivity index (χ4v) is 4.29. The number of rotatable bonds is 3. The number of esters is 1. The molecule has 0 amide bonds. The first-order valence-electron chi connectivity index (χ1n) is 7.46. The number of benzene rings is 1. The van der Waals surface area contributed by atoms with Crippen LogP contribution in [0.3, 0.4) is 0 Å². The first-order valence-corrected chi connectivity index (χ1v) is 7.46. The second-order valence-electron chi connectivity index (χ2n) is 5.91. The van der Waals surface area contributed by atoms with Crippen molar-refractivity contribution in [1.82, 2.24) is 0 Å². The van der Waals surface area contributed by atoms with Crippen molar-refractivity contribution in [3.05, 3.63) is 53.6 Å². The Labute approximate surface area is 119 Å². The Hall–Kier alpha value is -1.83. The molecule has 4 unspecified atom stereocenters. The summed E-state index contributed by atoms with van der Waals surface area (Å²) in [5.74, 6) is 2.01. The molecule has 20 heavy (non-hydrogen) atoms. The van der Waals surface area contributed by atoms with Crippen molar-refractivity contribution >= 4 is 11.5 Å². The zero-order valence-electron chi connectivity index (χ0n) is 11.6. The van der Waals surface area contributed by atoms with Gasteiger partial charge in [-0.1, -0.05) is 42.5 Å². The molecule has 1 aromatic carbocycles. The minimum absolute atomic E-state index is 0.103. The fourth-order valence-electron chi connectivity index (χ4n) is 4.29. The highest BCUT2D eigenvalue weighted by Gasteiger charge is 2.57. The van der Waals surface area contributed by atoms with E-state index in [9.17, 15) is 4.79 Å². The zero-order chi connectivity index (χ0) is 13.7. The number of allylic oxidation sites excluding steroid dienone is 3. The SMILES string of the molecule is CCOC(=O)C1=C(c2ccccc2)C2C3C=CC(C3)C12. The van der Waals surface area contributed by atoms with Crippen molar-refractivity contribution in [3.63, 3.8) is 0 Å². The van der Waals surface area contributed by atoms with Gasteiger partial charge in [0.1, 0.15) is 0 Å². The largest absolute Gasteiger partial charge is 0.463 e. The molecule has 0 heterocycles. The van der Waals surface area contributed by atoms with Crippen LogP contribution in [0, 0.1) is 23.7 Å². The number of hydrogen-bond acceptors (Lipinski definition) is 2. The molecule has 0 N–H and O–H groups in total. The third-order valence-electron chi connectivity index (χ3n) is 5.00. The lowest BCUT2D eigenvalue weighted by atomic mass is 9.61. The highest BCUT2D eigenvalue weighted by atomic mass is 16.5. The predicted octanol–water partition coefficient (Wildman–Crippen LogP) is 3.46. The molecular formula is C18H18O2. The van der Waals surface area contributed by atoms with E-state index in [2.05, 4.69) is 24.3 Å². The highest BCUT2D eigenvalue weighted by molar-refractivity contribution is 6.03. The third kappa shape index (κ3) is 1.48. The molecule has 4 atom stereocenters. The van der Waals surface area contributed by atoms with E-state index in [1.165, 1.54) is 17.6 Å². The van der Waals surface area contributed by atoms with Gasteiger partial charge in [0.15, 0.2) is 0 Å². The maximum atomic E-state index is 12.3. The lowest BCUT2D eigenvalue weighted by Crippen LogP contribution is -2.37. The number of carbonyl (C=O) groups excluding carboxylic acids is 1. The Morgan fingerprint density at radius 1 is 1.15 bits per heavy atom. The van der Waals surface area contributed by atoms with Gasteiger partial charge in [-0.25, -0.2) is 4.79 Å². The molecule has 1 saturated carbocycles. The summed E-state index contributed by atoms with van der Waals surface area (Å²) < 4.78 is 5.29.